The summed E-state index contributed by atoms with van der Waals surface area (Å²) in [5.41, 5.74) is 3.40. The monoisotopic (exact) mass is 419 g/mol. The maximum absolute atomic E-state index is 11.0. The van der Waals surface area contributed by atoms with E-state index in [-0.39, 0.29) is 18.3 Å². The Hall–Kier alpha value is -3.35. The third-order valence-electron chi connectivity index (χ3n) is 5.20. The van der Waals surface area contributed by atoms with Crippen molar-refractivity contribution >= 4 is 5.97 Å². The van der Waals surface area contributed by atoms with Crippen molar-refractivity contribution in [1.82, 2.24) is 5.32 Å². The summed E-state index contributed by atoms with van der Waals surface area (Å²) >= 11 is 0. The van der Waals surface area contributed by atoms with Gasteiger partial charge in [0.15, 0.2) is 0 Å². The summed E-state index contributed by atoms with van der Waals surface area (Å²) in [7, 11) is 0. The van der Waals surface area contributed by atoms with Crippen LogP contribution < -0.4 is 14.8 Å². The topological polar surface area (TPSA) is 88.0 Å². The van der Waals surface area contributed by atoms with Gasteiger partial charge in [-0.3, -0.25) is 0 Å². The summed E-state index contributed by atoms with van der Waals surface area (Å²) in [6.07, 6.45) is 0.172. The molecule has 1 unspecified atom stereocenters. The molecule has 3 aromatic rings. The zero-order chi connectivity index (χ0) is 21.6. The number of aliphatic hydroxyl groups is 1. The fourth-order valence-electron chi connectivity index (χ4n) is 3.60. The first-order chi connectivity index (χ1) is 15.1. The Morgan fingerprint density at radius 1 is 1.06 bits per heavy atom. The Morgan fingerprint density at radius 3 is 2.55 bits per heavy atom. The SMILES string of the molecule is O=C(O)c1ccc(-c2ccc3c(c2)CC(CNC[C@H](O)COc2ccccc2)O3)cc1. The van der Waals surface area contributed by atoms with E-state index in [0.29, 0.717) is 13.1 Å². The molecule has 3 aromatic carbocycles. The minimum Gasteiger partial charge on any atom is -0.491 e. The summed E-state index contributed by atoms with van der Waals surface area (Å²) in [5, 5.41) is 22.4. The van der Waals surface area contributed by atoms with Gasteiger partial charge in [0.05, 0.1) is 5.56 Å². The van der Waals surface area contributed by atoms with E-state index in [4.69, 9.17) is 14.6 Å². The third-order valence-corrected chi connectivity index (χ3v) is 5.20. The molecule has 0 amide bonds. The highest BCUT2D eigenvalue weighted by Crippen LogP contribution is 2.33. The third kappa shape index (κ3) is 5.42. The molecule has 0 aliphatic carbocycles. The molecule has 160 valence electrons. The minimum absolute atomic E-state index is 0.00174. The predicted octanol–water partition coefficient (Wildman–Crippen LogP) is 3.38. The van der Waals surface area contributed by atoms with Crippen molar-refractivity contribution in [3.63, 3.8) is 0 Å². The molecular formula is C25H25NO5. The lowest BCUT2D eigenvalue weighted by Crippen LogP contribution is -2.37. The van der Waals surface area contributed by atoms with Crippen molar-refractivity contribution in [2.75, 3.05) is 19.7 Å². The van der Waals surface area contributed by atoms with Gasteiger partial charge in [0, 0.05) is 19.5 Å². The number of carboxylic acid groups (broad SMARTS) is 1. The molecule has 31 heavy (non-hydrogen) atoms. The van der Waals surface area contributed by atoms with Crippen LogP contribution in [0.25, 0.3) is 11.1 Å². The van der Waals surface area contributed by atoms with Crippen LogP contribution in [0.4, 0.5) is 0 Å². The number of benzene rings is 3. The first-order valence-electron chi connectivity index (χ1n) is 10.3. The van der Waals surface area contributed by atoms with Crippen molar-refractivity contribution in [1.29, 1.82) is 0 Å². The van der Waals surface area contributed by atoms with Crippen LogP contribution in [-0.2, 0) is 6.42 Å². The number of nitrogens with one attached hydrogen (secondary N) is 1. The van der Waals surface area contributed by atoms with E-state index >= 15 is 0 Å². The number of hydrogen-bond acceptors (Lipinski definition) is 5. The molecular weight excluding hydrogens is 394 g/mol. The number of aliphatic hydroxyl groups excluding tert-OH is 1. The standard InChI is InChI=1S/C25H25NO5/c27-21(16-30-22-4-2-1-3-5-22)14-26-15-23-13-20-12-19(10-11-24(20)31-23)17-6-8-18(9-7-17)25(28)29/h1-12,21,23,26-27H,13-16H2,(H,28,29)/t21-,23?/m0/s1. The van der Waals surface area contributed by atoms with E-state index in [1.807, 2.05) is 54.6 Å². The summed E-state index contributed by atoms with van der Waals surface area (Å²) in [4.78, 5) is 11.0. The minimum atomic E-state index is -0.930. The fourth-order valence-corrected chi connectivity index (χ4v) is 3.60. The van der Waals surface area contributed by atoms with Gasteiger partial charge >= 0.3 is 5.97 Å². The highest BCUT2D eigenvalue weighted by Gasteiger charge is 2.23. The lowest BCUT2D eigenvalue weighted by molar-refractivity contribution is 0.0697. The fraction of sp³-hybridized carbons (Fsp3) is 0.240. The Bertz CT molecular complexity index is 1020. The molecule has 6 heteroatoms. The van der Waals surface area contributed by atoms with E-state index in [1.54, 1.807) is 12.1 Å². The van der Waals surface area contributed by atoms with Crippen LogP contribution in [0, 0.1) is 0 Å². The maximum atomic E-state index is 11.0. The normalized spacial score (nSPS) is 15.7. The molecule has 6 nitrogen and oxygen atoms in total. The van der Waals surface area contributed by atoms with Gasteiger partial charge in [-0.2, -0.15) is 0 Å². The van der Waals surface area contributed by atoms with E-state index in [2.05, 4.69) is 11.4 Å². The molecule has 4 rings (SSSR count). The molecule has 0 saturated carbocycles. The van der Waals surface area contributed by atoms with Gasteiger partial charge in [-0.1, -0.05) is 36.4 Å². The van der Waals surface area contributed by atoms with Gasteiger partial charge in [-0.25, -0.2) is 4.79 Å². The molecule has 0 bridgehead atoms. The van der Waals surface area contributed by atoms with Crippen molar-refractivity contribution in [2.45, 2.75) is 18.6 Å². The average Bonchev–Trinajstić information content (AvgIpc) is 3.20. The second-order valence-corrected chi connectivity index (χ2v) is 7.59. The van der Waals surface area contributed by atoms with Gasteiger partial charge < -0.3 is 25.0 Å². The lowest BCUT2D eigenvalue weighted by atomic mass is 10.00. The number of aromatic carboxylic acids is 1. The second kappa shape index (κ2) is 9.64. The van der Waals surface area contributed by atoms with E-state index in [1.165, 1.54) is 0 Å². The van der Waals surface area contributed by atoms with Gasteiger partial charge in [0.1, 0.15) is 30.3 Å². The Labute approximate surface area is 181 Å². The molecule has 0 fully saturated rings. The largest absolute Gasteiger partial charge is 0.491 e. The van der Waals surface area contributed by atoms with Crippen LogP contribution in [0.3, 0.4) is 0 Å². The zero-order valence-corrected chi connectivity index (χ0v) is 17.0. The van der Waals surface area contributed by atoms with Crippen molar-refractivity contribution in [2.24, 2.45) is 0 Å². The molecule has 0 radical (unpaired) electrons. The summed E-state index contributed by atoms with van der Waals surface area (Å²) in [6.45, 7) is 1.27. The van der Waals surface area contributed by atoms with Crippen molar-refractivity contribution in [3.05, 3.63) is 83.9 Å². The quantitative estimate of drug-likeness (QED) is 0.493. The molecule has 0 spiro atoms. The number of carboxylic acids is 1. The molecule has 0 aromatic heterocycles. The van der Waals surface area contributed by atoms with Gasteiger partial charge in [-0.15, -0.1) is 0 Å². The number of ether oxygens (including phenoxy) is 2. The smallest absolute Gasteiger partial charge is 0.335 e. The van der Waals surface area contributed by atoms with E-state index in [9.17, 15) is 9.90 Å². The van der Waals surface area contributed by atoms with Gasteiger partial charge in [0.25, 0.3) is 0 Å². The van der Waals surface area contributed by atoms with Crippen LogP contribution in [0.2, 0.25) is 0 Å². The van der Waals surface area contributed by atoms with E-state index < -0.39 is 12.1 Å². The molecule has 1 heterocycles. The van der Waals surface area contributed by atoms with Crippen LogP contribution in [0.5, 0.6) is 11.5 Å². The first-order valence-corrected chi connectivity index (χ1v) is 10.3. The van der Waals surface area contributed by atoms with Crippen molar-refractivity contribution in [3.8, 4) is 22.6 Å². The lowest BCUT2D eigenvalue weighted by Gasteiger charge is -2.15. The number of hydrogen-bond donors (Lipinski definition) is 3. The Balaban J connectivity index is 1.25. The number of rotatable bonds is 9. The highest BCUT2D eigenvalue weighted by molar-refractivity contribution is 5.88. The molecule has 3 N–H and O–H groups in total. The maximum Gasteiger partial charge on any atom is 0.335 e. The number of para-hydroxylation sites is 1. The van der Waals surface area contributed by atoms with Gasteiger partial charge in [-0.05, 0) is 53.1 Å². The van der Waals surface area contributed by atoms with Crippen LogP contribution in [0.15, 0.2) is 72.8 Å². The summed E-state index contributed by atoms with van der Waals surface area (Å²) in [6, 6.07) is 22.3. The van der Waals surface area contributed by atoms with E-state index in [0.717, 1.165) is 34.6 Å². The predicted molar refractivity (Wildman–Crippen MR) is 118 cm³/mol. The molecule has 0 saturated heterocycles. The zero-order valence-electron chi connectivity index (χ0n) is 17.0. The average molecular weight is 419 g/mol. The highest BCUT2D eigenvalue weighted by atomic mass is 16.5. The summed E-state index contributed by atoms with van der Waals surface area (Å²) in [5.74, 6) is 0.677. The van der Waals surface area contributed by atoms with Crippen LogP contribution in [0.1, 0.15) is 15.9 Å². The molecule has 1 aliphatic rings. The molecule has 1 aliphatic heterocycles. The number of carbonyl (C=O) groups is 1. The Morgan fingerprint density at radius 2 is 1.81 bits per heavy atom. The van der Waals surface area contributed by atoms with Gasteiger partial charge in [0.2, 0.25) is 0 Å². The Kier molecular flexibility index (Phi) is 6.50. The summed E-state index contributed by atoms with van der Waals surface area (Å²) < 4.78 is 11.6. The van der Waals surface area contributed by atoms with Crippen LogP contribution in [-0.4, -0.2) is 48.1 Å². The molecule has 2 atom stereocenters. The second-order valence-electron chi connectivity index (χ2n) is 7.59. The first kappa shape index (κ1) is 20.9. The number of fused-ring (bicyclic) bond motifs is 1. The van der Waals surface area contributed by atoms with Crippen LogP contribution >= 0.6 is 0 Å². The van der Waals surface area contributed by atoms with Crippen molar-refractivity contribution < 1.29 is 24.5 Å².